The Morgan fingerprint density at radius 3 is 2.35 bits per heavy atom. The molecule has 1 atom stereocenters. The molecule has 1 N–H and O–H groups in total. The monoisotopic (exact) mass is 497 g/mol. The maximum Gasteiger partial charge on any atom is 0.220 e. The number of amides is 2. The van der Waals surface area contributed by atoms with Crippen LogP contribution in [0.3, 0.4) is 0 Å². The van der Waals surface area contributed by atoms with Gasteiger partial charge in [0.25, 0.3) is 0 Å². The first-order chi connectivity index (χ1) is 18.1. The van der Waals surface area contributed by atoms with E-state index in [0.717, 1.165) is 51.0 Å². The number of carbonyl (C=O) groups excluding carboxylic acids is 2. The summed E-state index contributed by atoms with van der Waals surface area (Å²) >= 11 is 0. The average molecular weight is 498 g/mol. The summed E-state index contributed by atoms with van der Waals surface area (Å²) in [6, 6.07) is 25.7. The molecule has 0 saturated carbocycles. The van der Waals surface area contributed by atoms with E-state index >= 15 is 0 Å². The second-order valence-corrected chi connectivity index (χ2v) is 10.0. The molecule has 2 aliphatic rings. The van der Waals surface area contributed by atoms with Crippen LogP contribution in [0.15, 0.2) is 72.8 Å². The third-order valence-electron chi connectivity index (χ3n) is 7.23. The number of hydrogen-bond acceptors (Lipinski definition) is 3. The second kappa shape index (κ2) is 13.1. The van der Waals surface area contributed by atoms with E-state index in [4.69, 9.17) is 0 Å². The number of anilines is 1. The number of nitrogens with one attached hydrogen (secondary N) is 1. The Balaban J connectivity index is 0.000000222. The van der Waals surface area contributed by atoms with Crippen molar-refractivity contribution in [1.82, 2.24) is 10.2 Å². The Morgan fingerprint density at radius 2 is 1.65 bits per heavy atom. The number of hydrogen-bond donors (Lipinski definition) is 1. The fourth-order valence-corrected chi connectivity index (χ4v) is 5.05. The van der Waals surface area contributed by atoms with Crippen LogP contribution in [0.25, 0.3) is 11.1 Å². The molecule has 37 heavy (non-hydrogen) atoms. The van der Waals surface area contributed by atoms with Crippen LogP contribution in [-0.2, 0) is 22.6 Å². The summed E-state index contributed by atoms with van der Waals surface area (Å²) in [6.45, 7) is 8.03. The lowest BCUT2D eigenvalue weighted by Gasteiger charge is -2.24. The van der Waals surface area contributed by atoms with Gasteiger partial charge in [0.05, 0.1) is 6.04 Å². The summed E-state index contributed by atoms with van der Waals surface area (Å²) in [4.78, 5) is 26.5. The third kappa shape index (κ3) is 7.22. The largest absolute Gasteiger partial charge is 0.372 e. The Kier molecular flexibility index (Phi) is 9.36. The zero-order valence-electron chi connectivity index (χ0n) is 22.2. The van der Waals surface area contributed by atoms with Crippen LogP contribution in [0.2, 0.25) is 0 Å². The van der Waals surface area contributed by atoms with Crippen molar-refractivity contribution in [3.63, 3.8) is 0 Å². The van der Waals surface area contributed by atoms with Crippen molar-refractivity contribution in [3.8, 4) is 11.1 Å². The van der Waals surface area contributed by atoms with Crippen molar-refractivity contribution < 1.29 is 9.59 Å². The number of benzene rings is 3. The Bertz CT molecular complexity index is 1170. The summed E-state index contributed by atoms with van der Waals surface area (Å²) in [5.41, 5.74) is 7.60. The molecule has 3 aromatic rings. The van der Waals surface area contributed by atoms with Gasteiger partial charge < -0.3 is 15.1 Å². The zero-order chi connectivity index (χ0) is 26.0. The molecule has 0 aromatic heterocycles. The van der Waals surface area contributed by atoms with E-state index < -0.39 is 0 Å². The van der Waals surface area contributed by atoms with Gasteiger partial charge in [-0.2, -0.15) is 0 Å². The second-order valence-electron chi connectivity index (χ2n) is 10.0. The first kappa shape index (κ1) is 26.5. The molecule has 1 unspecified atom stereocenters. The van der Waals surface area contributed by atoms with Crippen molar-refractivity contribution >= 4 is 18.0 Å². The predicted molar refractivity (Wildman–Crippen MR) is 151 cm³/mol. The molecule has 5 nitrogen and oxygen atoms in total. The first-order valence-corrected chi connectivity index (χ1v) is 13.6. The molecule has 0 radical (unpaired) electrons. The topological polar surface area (TPSA) is 52.7 Å². The molecule has 5 heteroatoms. The quantitative estimate of drug-likeness (QED) is 0.400. The molecule has 0 spiro atoms. The number of fused-ring (bicyclic) bond motifs is 1. The Hall–Kier alpha value is -3.60. The van der Waals surface area contributed by atoms with Gasteiger partial charge in [-0.05, 0) is 72.6 Å². The highest BCUT2D eigenvalue weighted by Gasteiger charge is 2.14. The van der Waals surface area contributed by atoms with Crippen molar-refractivity contribution in [1.29, 1.82) is 0 Å². The van der Waals surface area contributed by atoms with Crippen LogP contribution in [-0.4, -0.2) is 36.9 Å². The van der Waals surface area contributed by atoms with E-state index in [1.807, 2.05) is 24.8 Å². The third-order valence-corrected chi connectivity index (χ3v) is 7.23. The lowest BCUT2D eigenvalue weighted by atomic mass is 10.0. The van der Waals surface area contributed by atoms with Gasteiger partial charge in [-0.3, -0.25) is 9.59 Å². The molecule has 194 valence electrons. The maximum atomic E-state index is 11.8. The number of nitrogens with zero attached hydrogens (tertiary/aromatic N) is 2. The Labute approximate surface area is 221 Å². The Morgan fingerprint density at radius 1 is 0.919 bits per heavy atom. The van der Waals surface area contributed by atoms with E-state index in [9.17, 15) is 9.59 Å². The lowest BCUT2D eigenvalue weighted by Crippen LogP contribution is -2.28. The zero-order valence-corrected chi connectivity index (χ0v) is 22.2. The molecular formula is C32H39N3O2. The van der Waals surface area contributed by atoms with Gasteiger partial charge in [-0.25, -0.2) is 0 Å². The summed E-state index contributed by atoms with van der Waals surface area (Å²) in [5.74, 6) is 0.123. The highest BCUT2D eigenvalue weighted by atomic mass is 16.1. The van der Waals surface area contributed by atoms with Gasteiger partial charge in [-0.15, -0.1) is 0 Å². The van der Waals surface area contributed by atoms with Gasteiger partial charge >= 0.3 is 0 Å². The highest BCUT2D eigenvalue weighted by Crippen LogP contribution is 2.28. The molecule has 0 bridgehead atoms. The predicted octanol–water partition coefficient (Wildman–Crippen LogP) is 6.13. The van der Waals surface area contributed by atoms with Crippen LogP contribution < -0.4 is 10.2 Å². The van der Waals surface area contributed by atoms with Gasteiger partial charge in [0.1, 0.15) is 0 Å². The summed E-state index contributed by atoms with van der Waals surface area (Å²) in [5, 5.41) is 3.06. The van der Waals surface area contributed by atoms with Gasteiger partial charge in [0.2, 0.25) is 12.3 Å². The van der Waals surface area contributed by atoms with Gasteiger partial charge in [0, 0.05) is 38.3 Å². The SMILES string of the molecule is CCCC(=O)NC(C)c1ccc(-c2cccc(N3CCCC3)c2)cc1.O=CN1CCc2ccccc2C1. The molecule has 1 saturated heterocycles. The molecule has 2 heterocycles. The van der Waals surface area contributed by atoms with Crippen LogP contribution >= 0.6 is 0 Å². The van der Waals surface area contributed by atoms with E-state index in [0.29, 0.717) is 6.42 Å². The summed E-state index contributed by atoms with van der Waals surface area (Å²) in [7, 11) is 0. The van der Waals surface area contributed by atoms with Crippen LogP contribution in [0.1, 0.15) is 62.3 Å². The van der Waals surface area contributed by atoms with Gasteiger partial charge in [-0.1, -0.05) is 67.6 Å². The fourth-order valence-electron chi connectivity index (χ4n) is 5.05. The molecule has 2 amide bonds. The fraction of sp³-hybridized carbons (Fsp3) is 0.375. The van der Waals surface area contributed by atoms with E-state index in [1.54, 1.807) is 0 Å². The van der Waals surface area contributed by atoms with Crippen molar-refractivity contribution in [3.05, 3.63) is 89.5 Å². The molecule has 2 aliphatic heterocycles. The van der Waals surface area contributed by atoms with Crippen molar-refractivity contribution in [2.45, 2.75) is 58.5 Å². The molecule has 1 fully saturated rings. The van der Waals surface area contributed by atoms with Crippen LogP contribution in [0.4, 0.5) is 5.69 Å². The summed E-state index contributed by atoms with van der Waals surface area (Å²) < 4.78 is 0. The number of rotatable bonds is 7. The molecule has 0 aliphatic carbocycles. The van der Waals surface area contributed by atoms with E-state index in [2.05, 4.69) is 76.9 Å². The van der Waals surface area contributed by atoms with Crippen LogP contribution in [0, 0.1) is 0 Å². The first-order valence-electron chi connectivity index (χ1n) is 13.6. The normalized spacial score (nSPS) is 15.3. The van der Waals surface area contributed by atoms with E-state index in [1.165, 1.54) is 40.8 Å². The maximum absolute atomic E-state index is 11.8. The molecule has 5 rings (SSSR count). The highest BCUT2D eigenvalue weighted by molar-refractivity contribution is 5.76. The van der Waals surface area contributed by atoms with Crippen molar-refractivity contribution in [2.24, 2.45) is 0 Å². The lowest BCUT2D eigenvalue weighted by molar-refractivity contribution is -0.121. The minimum absolute atomic E-state index is 0.0454. The molecule has 3 aromatic carbocycles. The van der Waals surface area contributed by atoms with E-state index in [-0.39, 0.29) is 11.9 Å². The smallest absolute Gasteiger partial charge is 0.220 e. The average Bonchev–Trinajstić information content (AvgIpc) is 3.49. The van der Waals surface area contributed by atoms with Crippen LogP contribution in [0.5, 0.6) is 0 Å². The van der Waals surface area contributed by atoms with Gasteiger partial charge in [0.15, 0.2) is 0 Å². The number of carbonyl (C=O) groups is 2. The summed E-state index contributed by atoms with van der Waals surface area (Å²) in [6.07, 6.45) is 5.97. The minimum atomic E-state index is 0.0454. The standard InChI is InChI=1S/C22H28N2O.C10H11NO/c1-3-7-22(25)23-17(2)18-10-12-19(13-11-18)20-8-6-9-21(16-20)24-14-4-5-15-24;12-8-11-6-5-9-3-1-2-4-10(9)7-11/h6,8-13,16-17H,3-5,7,14-15H2,1-2H3,(H,23,25);1-4,8H,5-7H2. The van der Waals surface area contributed by atoms with Crippen molar-refractivity contribution in [2.75, 3.05) is 24.5 Å². The molecular weight excluding hydrogens is 458 g/mol. The minimum Gasteiger partial charge on any atom is -0.372 e.